The molecule has 0 bridgehead atoms. The number of nitrogens with two attached hydrogens (primary N) is 1. The fraction of sp³-hybridized carbons (Fsp3) is 0.583. The van der Waals surface area contributed by atoms with Crippen molar-refractivity contribution in [2.75, 3.05) is 31.9 Å². The van der Waals surface area contributed by atoms with Crippen molar-refractivity contribution < 1.29 is 9.59 Å². The molecule has 2 rings (SSSR count). The lowest BCUT2D eigenvalue weighted by Gasteiger charge is -2.33. The van der Waals surface area contributed by atoms with E-state index in [-0.39, 0.29) is 0 Å². The first-order valence-corrected chi connectivity index (χ1v) is 6.49. The zero-order valence-corrected chi connectivity index (χ0v) is 11.1. The summed E-state index contributed by atoms with van der Waals surface area (Å²) >= 11 is 0. The van der Waals surface area contributed by atoms with Gasteiger partial charge in [-0.25, -0.2) is 0 Å². The van der Waals surface area contributed by atoms with Crippen LogP contribution in [0.5, 0.6) is 0 Å². The molecule has 19 heavy (non-hydrogen) atoms. The van der Waals surface area contributed by atoms with Crippen molar-refractivity contribution in [2.45, 2.75) is 19.9 Å². The number of piperazine rings is 1. The minimum absolute atomic E-state index is 0.395. The van der Waals surface area contributed by atoms with Gasteiger partial charge < -0.3 is 15.5 Å². The van der Waals surface area contributed by atoms with Crippen molar-refractivity contribution in [3.8, 4) is 0 Å². The van der Waals surface area contributed by atoms with Gasteiger partial charge in [0.2, 0.25) is 0 Å². The topological polar surface area (TPSA) is 84.5 Å². The van der Waals surface area contributed by atoms with Gasteiger partial charge in [-0.3, -0.25) is 14.3 Å². The lowest BCUT2D eigenvalue weighted by atomic mass is 10.2. The molecular formula is C12H19N5O2. The largest absolute Gasteiger partial charge is 0.382 e. The Hall–Kier alpha value is -2.05. The van der Waals surface area contributed by atoms with E-state index < -0.39 is 11.8 Å². The molecule has 0 unspecified atom stereocenters. The van der Waals surface area contributed by atoms with E-state index in [2.05, 4.69) is 5.10 Å². The average molecular weight is 265 g/mol. The fourth-order valence-electron chi connectivity index (χ4n) is 2.14. The predicted molar refractivity (Wildman–Crippen MR) is 70.1 cm³/mol. The molecule has 1 saturated heterocycles. The van der Waals surface area contributed by atoms with Crippen LogP contribution in [0.15, 0.2) is 12.3 Å². The molecule has 2 N–H and O–H groups in total. The molecule has 0 aromatic carbocycles. The van der Waals surface area contributed by atoms with E-state index in [0.29, 0.717) is 38.5 Å². The second-order valence-electron chi connectivity index (χ2n) is 4.59. The van der Waals surface area contributed by atoms with Gasteiger partial charge in [0.15, 0.2) is 0 Å². The quantitative estimate of drug-likeness (QED) is 0.731. The number of amides is 2. The molecule has 0 saturated carbocycles. The first-order chi connectivity index (χ1) is 9.11. The molecular weight excluding hydrogens is 246 g/mol. The van der Waals surface area contributed by atoms with Crippen LogP contribution in [-0.2, 0) is 16.1 Å². The van der Waals surface area contributed by atoms with Crippen molar-refractivity contribution in [3.63, 3.8) is 0 Å². The highest BCUT2D eigenvalue weighted by Gasteiger charge is 2.31. The van der Waals surface area contributed by atoms with Gasteiger partial charge in [0.1, 0.15) is 5.82 Å². The van der Waals surface area contributed by atoms with Gasteiger partial charge in [-0.1, -0.05) is 6.92 Å². The molecule has 1 aromatic rings. The molecule has 2 heterocycles. The number of nitrogen functional groups attached to an aromatic ring is 1. The molecule has 0 aliphatic carbocycles. The normalized spacial score (nSPS) is 16.3. The van der Waals surface area contributed by atoms with Crippen molar-refractivity contribution in [3.05, 3.63) is 12.3 Å². The fourth-order valence-corrected chi connectivity index (χ4v) is 2.14. The minimum atomic E-state index is -0.417. The lowest BCUT2D eigenvalue weighted by Crippen LogP contribution is -2.54. The number of rotatable bonds is 5. The zero-order valence-electron chi connectivity index (χ0n) is 11.1. The Morgan fingerprint density at radius 1 is 1.16 bits per heavy atom. The first-order valence-electron chi connectivity index (χ1n) is 6.49. The molecule has 7 nitrogen and oxygen atoms in total. The van der Waals surface area contributed by atoms with Crippen molar-refractivity contribution in [1.82, 2.24) is 19.6 Å². The predicted octanol–water partition coefficient (Wildman–Crippen LogP) is -0.454. The molecule has 0 atom stereocenters. The van der Waals surface area contributed by atoms with Crippen LogP contribution in [0, 0.1) is 0 Å². The van der Waals surface area contributed by atoms with Crippen molar-refractivity contribution >= 4 is 17.6 Å². The Bertz CT molecular complexity index is 470. The minimum Gasteiger partial charge on any atom is -0.382 e. The van der Waals surface area contributed by atoms with E-state index in [9.17, 15) is 9.59 Å². The van der Waals surface area contributed by atoms with Crippen LogP contribution in [0.3, 0.4) is 0 Å². The summed E-state index contributed by atoms with van der Waals surface area (Å²) in [7, 11) is 0. The van der Waals surface area contributed by atoms with Gasteiger partial charge in [0.05, 0.1) is 6.54 Å². The second-order valence-corrected chi connectivity index (χ2v) is 4.59. The molecule has 7 heteroatoms. The van der Waals surface area contributed by atoms with E-state index in [1.165, 1.54) is 0 Å². The highest BCUT2D eigenvalue weighted by molar-refractivity contribution is 6.35. The third-order valence-corrected chi connectivity index (χ3v) is 3.15. The van der Waals surface area contributed by atoms with Crippen LogP contribution in [0.1, 0.15) is 13.3 Å². The molecule has 1 aliphatic heterocycles. The molecule has 2 amide bonds. The number of aromatic nitrogens is 2. The van der Waals surface area contributed by atoms with Gasteiger partial charge in [-0.05, 0) is 12.5 Å². The summed E-state index contributed by atoms with van der Waals surface area (Å²) in [6, 6.07) is 1.70. The number of carbonyl (C=O) groups excluding carboxylic acids is 2. The number of hydrogen-bond acceptors (Lipinski definition) is 4. The van der Waals surface area contributed by atoms with Gasteiger partial charge >= 0.3 is 11.8 Å². The van der Waals surface area contributed by atoms with Crippen LogP contribution in [-0.4, -0.2) is 57.6 Å². The summed E-state index contributed by atoms with van der Waals surface area (Å²) < 4.78 is 1.67. The van der Waals surface area contributed by atoms with Crippen LogP contribution < -0.4 is 5.73 Å². The molecule has 1 fully saturated rings. The van der Waals surface area contributed by atoms with Crippen LogP contribution in [0.25, 0.3) is 0 Å². The summed E-state index contributed by atoms with van der Waals surface area (Å²) in [5.74, 6) is -0.358. The maximum absolute atomic E-state index is 11.9. The van der Waals surface area contributed by atoms with E-state index in [0.717, 1.165) is 6.42 Å². The lowest BCUT2D eigenvalue weighted by molar-refractivity contribution is -0.156. The smallest absolute Gasteiger partial charge is 0.312 e. The first kappa shape index (κ1) is 13.4. The van der Waals surface area contributed by atoms with Gasteiger partial charge in [-0.15, -0.1) is 0 Å². The summed E-state index contributed by atoms with van der Waals surface area (Å²) in [4.78, 5) is 26.9. The zero-order chi connectivity index (χ0) is 13.8. The number of nitrogens with zero attached hydrogens (tertiary/aromatic N) is 4. The number of carbonyl (C=O) groups is 2. The maximum Gasteiger partial charge on any atom is 0.312 e. The Morgan fingerprint density at radius 2 is 1.79 bits per heavy atom. The Morgan fingerprint density at radius 3 is 2.32 bits per heavy atom. The van der Waals surface area contributed by atoms with E-state index >= 15 is 0 Å². The highest BCUT2D eigenvalue weighted by atomic mass is 16.2. The number of anilines is 1. The van der Waals surface area contributed by atoms with E-state index in [4.69, 9.17) is 5.73 Å². The Kier molecular flexibility index (Phi) is 4.03. The molecule has 0 radical (unpaired) electrons. The molecule has 1 aromatic heterocycles. The monoisotopic (exact) mass is 265 g/mol. The van der Waals surface area contributed by atoms with Gasteiger partial charge in [0, 0.05) is 32.4 Å². The van der Waals surface area contributed by atoms with E-state index in [1.54, 1.807) is 26.7 Å². The molecule has 104 valence electrons. The van der Waals surface area contributed by atoms with Gasteiger partial charge in [0.25, 0.3) is 0 Å². The van der Waals surface area contributed by atoms with Crippen LogP contribution >= 0.6 is 0 Å². The second kappa shape index (κ2) is 5.73. The Labute approximate surface area is 111 Å². The summed E-state index contributed by atoms with van der Waals surface area (Å²) in [6.07, 6.45) is 2.63. The van der Waals surface area contributed by atoms with Crippen LogP contribution in [0.4, 0.5) is 5.82 Å². The SMILES string of the molecule is CCCN1CCN(CCn2ccc(N)n2)C(=O)C1=O. The van der Waals surface area contributed by atoms with Crippen molar-refractivity contribution in [1.29, 1.82) is 0 Å². The van der Waals surface area contributed by atoms with Crippen molar-refractivity contribution in [2.24, 2.45) is 0 Å². The third-order valence-electron chi connectivity index (χ3n) is 3.15. The Balaban J connectivity index is 1.88. The third kappa shape index (κ3) is 3.04. The maximum atomic E-state index is 11.9. The summed E-state index contributed by atoms with van der Waals surface area (Å²) in [5, 5.41) is 4.04. The highest BCUT2D eigenvalue weighted by Crippen LogP contribution is 2.06. The average Bonchev–Trinajstić information content (AvgIpc) is 2.80. The van der Waals surface area contributed by atoms with E-state index in [1.807, 2.05) is 6.92 Å². The summed E-state index contributed by atoms with van der Waals surface area (Å²) in [5.41, 5.74) is 5.51. The molecule has 1 aliphatic rings. The standard InChI is InChI=1S/C12H19N5O2/c1-2-4-15-6-7-16(12(19)11(15)18)8-9-17-5-3-10(13)14-17/h3,5H,2,4,6-9H2,1H3,(H2,13,14). The number of hydrogen-bond donors (Lipinski definition) is 1. The summed E-state index contributed by atoms with van der Waals surface area (Å²) in [6.45, 7) is 4.86. The van der Waals surface area contributed by atoms with Crippen LogP contribution in [0.2, 0.25) is 0 Å². The van der Waals surface area contributed by atoms with Gasteiger partial charge in [-0.2, -0.15) is 5.10 Å². The molecule has 0 spiro atoms.